The highest BCUT2D eigenvalue weighted by Crippen LogP contribution is 2.29. The van der Waals surface area contributed by atoms with Crippen molar-refractivity contribution in [1.29, 1.82) is 0 Å². The standard InChI is InChI=1S/C17H20Cl3N3O3/c1-16(2,3)13-9-14(26-15(24)21-10-17(18,19)20)23(22-13)11-6-5-7-12(8-11)25-4/h5-9H,10H2,1-4H3,(H,21,24). The molecule has 1 aromatic heterocycles. The van der Waals surface area contributed by atoms with Crippen LogP contribution in [0.5, 0.6) is 11.6 Å². The van der Waals surface area contributed by atoms with Gasteiger partial charge >= 0.3 is 6.09 Å². The minimum Gasteiger partial charge on any atom is -0.497 e. The number of nitrogens with one attached hydrogen (secondary N) is 1. The lowest BCUT2D eigenvalue weighted by atomic mass is 9.93. The Labute approximate surface area is 167 Å². The first-order chi connectivity index (χ1) is 12.0. The van der Waals surface area contributed by atoms with Crippen molar-refractivity contribution in [1.82, 2.24) is 15.1 Å². The molecule has 0 bridgehead atoms. The topological polar surface area (TPSA) is 65.4 Å². The molecule has 0 unspecified atom stereocenters. The van der Waals surface area contributed by atoms with Gasteiger partial charge in [0.2, 0.25) is 9.67 Å². The van der Waals surface area contributed by atoms with Crippen LogP contribution in [-0.2, 0) is 5.41 Å². The van der Waals surface area contributed by atoms with Crippen molar-refractivity contribution < 1.29 is 14.3 Å². The average molecular weight is 421 g/mol. The largest absolute Gasteiger partial charge is 0.497 e. The van der Waals surface area contributed by atoms with Crippen LogP contribution in [-0.4, -0.2) is 33.3 Å². The maximum absolute atomic E-state index is 12.0. The summed E-state index contributed by atoms with van der Waals surface area (Å²) in [6.45, 7) is 5.85. The zero-order chi connectivity index (χ0) is 19.5. The number of ether oxygens (including phenoxy) is 2. The molecule has 1 aromatic carbocycles. The van der Waals surface area contributed by atoms with Gasteiger partial charge in [-0.3, -0.25) is 0 Å². The predicted octanol–water partition coefficient (Wildman–Crippen LogP) is 4.64. The lowest BCUT2D eigenvalue weighted by molar-refractivity contribution is 0.197. The number of alkyl halides is 3. The summed E-state index contributed by atoms with van der Waals surface area (Å²) >= 11 is 16.9. The third-order valence-electron chi connectivity index (χ3n) is 3.37. The van der Waals surface area contributed by atoms with Crippen LogP contribution in [0.25, 0.3) is 5.69 Å². The quantitative estimate of drug-likeness (QED) is 0.732. The lowest BCUT2D eigenvalue weighted by Gasteiger charge is -2.14. The van der Waals surface area contributed by atoms with Gasteiger partial charge in [0.15, 0.2) is 0 Å². The van der Waals surface area contributed by atoms with E-state index in [0.717, 1.165) is 5.69 Å². The van der Waals surface area contributed by atoms with Gasteiger partial charge in [-0.15, -0.1) is 0 Å². The number of hydrogen-bond donors (Lipinski definition) is 1. The summed E-state index contributed by atoms with van der Waals surface area (Å²) in [5.41, 5.74) is 1.20. The Balaban J connectivity index is 2.34. The average Bonchev–Trinajstić information content (AvgIpc) is 2.96. The number of carbonyl (C=O) groups excluding carboxylic acids is 1. The van der Waals surface area contributed by atoms with E-state index in [-0.39, 0.29) is 17.8 Å². The molecule has 0 aliphatic carbocycles. The molecule has 6 nitrogen and oxygen atoms in total. The van der Waals surface area contributed by atoms with Gasteiger partial charge in [-0.2, -0.15) is 5.10 Å². The molecule has 142 valence electrons. The first-order valence-corrected chi connectivity index (χ1v) is 8.90. The van der Waals surface area contributed by atoms with E-state index in [2.05, 4.69) is 10.4 Å². The molecule has 0 radical (unpaired) electrons. The van der Waals surface area contributed by atoms with Crippen LogP contribution in [0.15, 0.2) is 30.3 Å². The third-order valence-corrected chi connectivity index (χ3v) is 3.77. The summed E-state index contributed by atoms with van der Waals surface area (Å²) in [5.74, 6) is 0.895. The Hall–Kier alpha value is -1.63. The normalized spacial score (nSPS) is 12.0. The van der Waals surface area contributed by atoms with Crippen molar-refractivity contribution >= 4 is 40.9 Å². The highest BCUT2D eigenvalue weighted by molar-refractivity contribution is 6.67. The Kier molecular flexibility index (Phi) is 6.32. The van der Waals surface area contributed by atoms with E-state index in [4.69, 9.17) is 44.3 Å². The molecule has 2 aromatic rings. The first kappa shape index (κ1) is 20.7. The summed E-state index contributed by atoms with van der Waals surface area (Å²) in [5, 5.41) is 6.96. The fourth-order valence-electron chi connectivity index (χ4n) is 2.03. The predicted molar refractivity (Wildman–Crippen MR) is 103 cm³/mol. The van der Waals surface area contributed by atoms with E-state index in [1.807, 2.05) is 39.0 Å². The van der Waals surface area contributed by atoms with Gasteiger partial charge in [-0.1, -0.05) is 61.6 Å². The second kappa shape index (κ2) is 7.94. The Bertz CT molecular complexity index is 780. The number of amides is 1. The van der Waals surface area contributed by atoms with E-state index in [1.165, 1.54) is 4.68 Å². The van der Waals surface area contributed by atoms with E-state index in [1.54, 1.807) is 19.2 Å². The Morgan fingerprint density at radius 1 is 1.23 bits per heavy atom. The summed E-state index contributed by atoms with van der Waals surface area (Å²) in [6, 6.07) is 8.94. The van der Waals surface area contributed by atoms with Crippen LogP contribution in [0.1, 0.15) is 26.5 Å². The zero-order valence-electron chi connectivity index (χ0n) is 14.8. The van der Waals surface area contributed by atoms with Crippen LogP contribution in [0.4, 0.5) is 4.79 Å². The molecule has 1 heterocycles. The van der Waals surface area contributed by atoms with Gasteiger partial charge in [0.1, 0.15) is 5.75 Å². The second-order valence-electron chi connectivity index (χ2n) is 6.59. The number of rotatable bonds is 4. The maximum atomic E-state index is 12.0. The molecule has 0 aliphatic heterocycles. The van der Waals surface area contributed by atoms with Gasteiger partial charge in [0.05, 0.1) is 25.0 Å². The summed E-state index contributed by atoms with van der Waals surface area (Å²) in [7, 11) is 1.57. The molecule has 2 rings (SSSR count). The molecular formula is C17H20Cl3N3O3. The van der Waals surface area contributed by atoms with E-state index in [0.29, 0.717) is 11.4 Å². The minimum absolute atomic E-state index is 0.185. The summed E-state index contributed by atoms with van der Waals surface area (Å²) in [4.78, 5) is 12.0. The molecule has 0 fully saturated rings. The number of methoxy groups -OCH3 is 1. The van der Waals surface area contributed by atoms with Gasteiger partial charge in [-0.25, -0.2) is 9.48 Å². The number of halogens is 3. The molecule has 0 saturated carbocycles. The highest BCUT2D eigenvalue weighted by Gasteiger charge is 2.24. The number of hydrogen-bond acceptors (Lipinski definition) is 4. The minimum atomic E-state index is -1.61. The van der Waals surface area contributed by atoms with Crippen LogP contribution in [0, 0.1) is 0 Å². The molecule has 9 heteroatoms. The SMILES string of the molecule is COc1cccc(-n2nc(C(C)(C)C)cc2OC(=O)NCC(Cl)(Cl)Cl)c1. The summed E-state index contributed by atoms with van der Waals surface area (Å²) < 4.78 is 10.5. The molecule has 1 amide bonds. The van der Waals surface area contributed by atoms with E-state index < -0.39 is 9.89 Å². The van der Waals surface area contributed by atoms with Crippen molar-refractivity contribution in [2.75, 3.05) is 13.7 Å². The van der Waals surface area contributed by atoms with Crippen LogP contribution in [0.2, 0.25) is 0 Å². The first-order valence-electron chi connectivity index (χ1n) is 7.77. The monoisotopic (exact) mass is 419 g/mol. The lowest BCUT2D eigenvalue weighted by Crippen LogP contribution is -2.34. The molecular weight excluding hydrogens is 401 g/mol. The van der Waals surface area contributed by atoms with E-state index in [9.17, 15) is 4.79 Å². The molecule has 0 spiro atoms. The van der Waals surface area contributed by atoms with Crippen molar-refractivity contribution in [3.63, 3.8) is 0 Å². The van der Waals surface area contributed by atoms with Gasteiger partial charge < -0.3 is 14.8 Å². The van der Waals surface area contributed by atoms with Gasteiger partial charge in [0, 0.05) is 17.5 Å². The Morgan fingerprint density at radius 3 is 2.50 bits per heavy atom. The molecule has 0 saturated heterocycles. The Morgan fingerprint density at radius 2 is 1.92 bits per heavy atom. The number of benzene rings is 1. The zero-order valence-corrected chi connectivity index (χ0v) is 17.1. The summed E-state index contributed by atoms with van der Waals surface area (Å²) in [6.07, 6.45) is -0.749. The van der Waals surface area contributed by atoms with Crippen LogP contribution < -0.4 is 14.8 Å². The highest BCUT2D eigenvalue weighted by atomic mass is 35.6. The molecule has 0 atom stereocenters. The fourth-order valence-corrected chi connectivity index (χ4v) is 2.23. The number of carbonyl (C=O) groups is 1. The molecule has 1 N–H and O–H groups in total. The fraction of sp³-hybridized carbons (Fsp3) is 0.412. The van der Waals surface area contributed by atoms with Crippen molar-refractivity contribution in [2.45, 2.75) is 30.0 Å². The molecule has 0 aliphatic rings. The smallest absolute Gasteiger partial charge is 0.414 e. The van der Waals surface area contributed by atoms with Crippen molar-refractivity contribution in [3.05, 3.63) is 36.0 Å². The number of aromatic nitrogens is 2. The van der Waals surface area contributed by atoms with Crippen molar-refractivity contribution in [2.24, 2.45) is 0 Å². The van der Waals surface area contributed by atoms with Gasteiger partial charge in [-0.05, 0) is 12.1 Å². The van der Waals surface area contributed by atoms with Crippen LogP contribution in [0.3, 0.4) is 0 Å². The van der Waals surface area contributed by atoms with Crippen LogP contribution >= 0.6 is 34.8 Å². The maximum Gasteiger partial charge on any atom is 0.414 e. The van der Waals surface area contributed by atoms with Gasteiger partial charge in [0.25, 0.3) is 0 Å². The number of nitrogens with zero attached hydrogens (tertiary/aromatic N) is 2. The molecule has 26 heavy (non-hydrogen) atoms. The van der Waals surface area contributed by atoms with E-state index >= 15 is 0 Å². The van der Waals surface area contributed by atoms with Crippen molar-refractivity contribution in [3.8, 4) is 17.3 Å². The second-order valence-corrected chi connectivity index (χ2v) is 9.11. The third kappa shape index (κ3) is 5.69.